The minimum atomic E-state index is 0.410. The van der Waals surface area contributed by atoms with Gasteiger partial charge < -0.3 is 15.2 Å². The SMILES string of the molecule is CC1CC(C)CC(OCCOc2cccc(CN)c2)C1. The fourth-order valence-corrected chi connectivity index (χ4v) is 3.15. The normalized spacial score (nSPS) is 26.4. The van der Waals surface area contributed by atoms with Crippen LogP contribution in [0.1, 0.15) is 38.7 Å². The van der Waals surface area contributed by atoms with Gasteiger partial charge in [0.05, 0.1) is 12.7 Å². The highest BCUT2D eigenvalue weighted by atomic mass is 16.5. The number of benzene rings is 1. The molecular weight excluding hydrogens is 250 g/mol. The van der Waals surface area contributed by atoms with Crippen LogP contribution in [0.25, 0.3) is 0 Å². The topological polar surface area (TPSA) is 44.5 Å². The molecule has 1 aromatic carbocycles. The second-order valence-electron chi connectivity index (χ2n) is 6.11. The summed E-state index contributed by atoms with van der Waals surface area (Å²) in [6.45, 7) is 6.46. The number of hydrogen-bond acceptors (Lipinski definition) is 3. The molecule has 1 aliphatic rings. The predicted molar refractivity (Wildman–Crippen MR) is 81.7 cm³/mol. The van der Waals surface area contributed by atoms with E-state index in [1.54, 1.807) is 0 Å². The molecular formula is C17H27NO2. The Hall–Kier alpha value is -1.06. The maximum Gasteiger partial charge on any atom is 0.119 e. The molecule has 0 bridgehead atoms. The quantitative estimate of drug-likeness (QED) is 0.811. The fourth-order valence-electron chi connectivity index (χ4n) is 3.15. The van der Waals surface area contributed by atoms with Gasteiger partial charge in [0, 0.05) is 6.54 Å². The zero-order valence-corrected chi connectivity index (χ0v) is 12.7. The van der Waals surface area contributed by atoms with Gasteiger partial charge in [-0.15, -0.1) is 0 Å². The molecule has 0 radical (unpaired) electrons. The van der Waals surface area contributed by atoms with Crippen LogP contribution >= 0.6 is 0 Å². The van der Waals surface area contributed by atoms with Crippen molar-refractivity contribution in [1.29, 1.82) is 0 Å². The molecule has 1 aliphatic carbocycles. The first-order chi connectivity index (χ1) is 9.67. The predicted octanol–water partition coefficient (Wildman–Crippen LogP) is 3.37. The summed E-state index contributed by atoms with van der Waals surface area (Å²) in [6, 6.07) is 7.94. The summed E-state index contributed by atoms with van der Waals surface area (Å²) in [5, 5.41) is 0. The van der Waals surface area contributed by atoms with Gasteiger partial charge >= 0.3 is 0 Å². The summed E-state index contributed by atoms with van der Waals surface area (Å²) in [7, 11) is 0. The molecule has 1 saturated carbocycles. The van der Waals surface area contributed by atoms with Gasteiger partial charge in [-0.1, -0.05) is 26.0 Å². The van der Waals surface area contributed by atoms with Crippen molar-refractivity contribution in [2.75, 3.05) is 13.2 Å². The van der Waals surface area contributed by atoms with Crippen molar-refractivity contribution in [2.45, 2.75) is 45.8 Å². The lowest BCUT2D eigenvalue weighted by molar-refractivity contribution is -0.0107. The molecule has 0 heterocycles. The molecule has 0 amide bonds. The third-order valence-electron chi connectivity index (χ3n) is 3.98. The Kier molecular flexibility index (Phi) is 5.86. The molecule has 0 spiro atoms. The molecule has 1 fully saturated rings. The standard InChI is InChI=1S/C17H27NO2/c1-13-8-14(2)10-17(9-13)20-7-6-19-16-5-3-4-15(11-16)12-18/h3-5,11,13-14,17H,6-10,12,18H2,1-2H3. The second-order valence-corrected chi connectivity index (χ2v) is 6.11. The van der Waals surface area contributed by atoms with E-state index in [2.05, 4.69) is 13.8 Å². The highest BCUT2D eigenvalue weighted by molar-refractivity contribution is 5.28. The van der Waals surface area contributed by atoms with Crippen LogP contribution in [0.2, 0.25) is 0 Å². The first-order valence-corrected chi connectivity index (χ1v) is 7.70. The molecule has 112 valence electrons. The van der Waals surface area contributed by atoms with Crippen LogP contribution < -0.4 is 10.5 Å². The van der Waals surface area contributed by atoms with E-state index in [0.29, 0.717) is 25.9 Å². The summed E-state index contributed by atoms with van der Waals surface area (Å²) >= 11 is 0. The van der Waals surface area contributed by atoms with Crippen molar-refractivity contribution in [3.8, 4) is 5.75 Å². The lowest BCUT2D eigenvalue weighted by Gasteiger charge is -2.31. The summed E-state index contributed by atoms with van der Waals surface area (Å²) in [5.41, 5.74) is 6.71. The largest absolute Gasteiger partial charge is 0.491 e. The lowest BCUT2D eigenvalue weighted by atomic mass is 9.82. The van der Waals surface area contributed by atoms with E-state index >= 15 is 0 Å². The van der Waals surface area contributed by atoms with Gasteiger partial charge in [0.2, 0.25) is 0 Å². The average molecular weight is 277 g/mol. The zero-order chi connectivity index (χ0) is 14.4. The molecule has 1 aromatic rings. The zero-order valence-electron chi connectivity index (χ0n) is 12.7. The molecule has 2 rings (SSSR count). The Balaban J connectivity index is 1.68. The van der Waals surface area contributed by atoms with Crippen LogP contribution in [0, 0.1) is 11.8 Å². The third-order valence-corrected chi connectivity index (χ3v) is 3.98. The van der Waals surface area contributed by atoms with Crippen LogP contribution in [-0.4, -0.2) is 19.3 Å². The molecule has 3 nitrogen and oxygen atoms in total. The molecule has 0 aliphatic heterocycles. The van der Waals surface area contributed by atoms with E-state index in [-0.39, 0.29) is 0 Å². The van der Waals surface area contributed by atoms with Crippen molar-refractivity contribution < 1.29 is 9.47 Å². The van der Waals surface area contributed by atoms with Crippen molar-refractivity contribution in [3.63, 3.8) is 0 Å². The van der Waals surface area contributed by atoms with E-state index in [9.17, 15) is 0 Å². The van der Waals surface area contributed by atoms with Crippen LogP contribution in [0.3, 0.4) is 0 Å². The van der Waals surface area contributed by atoms with E-state index in [1.807, 2.05) is 24.3 Å². The number of nitrogens with two attached hydrogens (primary N) is 1. The van der Waals surface area contributed by atoms with Crippen LogP contribution in [0.4, 0.5) is 0 Å². The molecule has 2 N–H and O–H groups in total. The maximum absolute atomic E-state index is 5.95. The van der Waals surface area contributed by atoms with Gasteiger partial charge in [-0.25, -0.2) is 0 Å². The molecule has 2 unspecified atom stereocenters. The Morgan fingerprint density at radius 3 is 2.55 bits per heavy atom. The molecule has 2 atom stereocenters. The van der Waals surface area contributed by atoms with Crippen molar-refractivity contribution in [1.82, 2.24) is 0 Å². The van der Waals surface area contributed by atoms with Gasteiger partial charge in [-0.2, -0.15) is 0 Å². The van der Waals surface area contributed by atoms with Crippen molar-refractivity contribution >= 4 is 0 Å². The second kappa shape index (κ2) is 7.65. The monoisotopic (exact) mass is 277 g/mol. The molecule has 0 saturated heterocycles. The minimum absolute atomic E-state index is 0.410. The Morgan fingerprint density at radius 2 is 1.85 bits per heavy atom. The third kappa shape index (κ3) is 4.80. The summed E-state index contributed by atoms with van der Waals surface area (Å²) in [6.07, 6.45) is 4.12. The summed E-state index contributed by atoms with van der Waals surface area (Å²) < 4.78 is 11.7. The molecule has 20 heavy (non-hydrogen) atoms. The average Bonchev–Trinajstić information content (AvgIpc) is 2.43. The Morgan fingerprint density at radius 1 is 1.10 bits per heavy atom. The lowest BCUT2D eigenvalue weighted by Crippen LogP contribution is -2.27. The van der Waals surface area contributed by atoms with Gasteiger partial charge in [0.25, 0.3) is 0 Å². The molecule has 0 aromatic heterocycles. The number of rotatable bonds is 6. The van der Waals surface area contributed by atoms with E-state index < -0.39 is 0 Å². The van der Waals surface area contributed by atoms with Crippen LogP contribution in [0.15, 0.2) is 24.3 Å². The van der Waals surface area contributed by atoms with Crippen LogP contribution in [-0.2, 0) is 11.3 Å². The van der Waals surface area contributed by atoms with Crippen molar-refractivity contribution in [2.24, 2.45) is 17.6 Å². The van der Waals surface area contributed by atoms with Gasteiger partial charge in [-0.05, 0) is 48.8 Å². The first kappa shape index (κ1) is 15.3. The number of hydrogen-bond donors (Lipinski definition) is 1. The smallest absolute Gasteiger partial charge is 0.119 e. The van der Waals surface area contributed by atoms with Gasteiger partial charge in [0.1, 0.15) is 12.4 Å². The summed E-state index contributed by atoms with van der Waals surface area (Å²) in [4.78, 5) is 0. The van der Waals surface area contributed by atoms with E-state index in [0.717, 1.165) is 23.1 Å². The first-order valence-electron chi connectivity index (χ1n) is 7.70. The fraction of sp³-hybridized carbons (Fsp3) is 0.647. The van der Waals surface area contributed by atoms with E-state index in [4.69, 9.17) is 15.2 Å². The Bertz CT molecular complexity index is 398. The minimum Gasteiger partial charge on any atom is -0.491 e. The van der Waals surface area contributed by atoms with Gasteiger partial charge in [-0.3, -0.25) is 0 Å². The maximum atomic E-state index is 5.95. The highest BCUT2D eigenvalue weighted by Gasteiger charge is 2.24. The summed E-state index contributed by atoms with van der Waals surface area (Å²) in [5.74, 6) is 2.44. The highest BCUT2D eigenvalue weighted by Crippen LogP contribution is 2.30. The van der Waals surface area contributed by atoms with Gasteiger partial charge in [0.15, 0.2) is 0 Å². The van der Waals surface area contributed by atoms with E-state index in [1.165, 1.54) is 19.3 Å². The molecule has 3 heteroatoms. The Labute approximate surface area is 122 Å². The van der Waals surface area contributed by atoms with Crippen LogP contribution in [0.5, 0.6) is 5.75 Å². The van der Waals surface area contributed by atoms with Crippen molar-refractivity contribution in [3.05, 3.63) is 29.8 Å². The number of ether oxygens (including phenoxy) is 2.